The molecule has 1 N–H and O–H groups in total. The molecular weight excluding hydrogens is 352 g/mol. The summed E-state index contributed by atoms with van der Waals surface area (Å²) in [5.41, 5.74) is 1.64. The smallest absolute Gasteiger partial charge is 0.262 e. The minimum absolute atomic E-state index is 0.0891. The Morgan fingerprint density at radius 3 is 2.54 bits per heavy atom. The van der Waals surface area contributed by atoms with E-state index in [0.717, 1.165) is 15.8 Å². The van der Waals surface area contributed by atoms with E-state index in [1.54, 1.807) is 18.2 Å². The molecule has 6 nitrogen and oxygen atoms in total. The van der Waals surface area contributed by atoms with E-state index in [1.807, 2.05) is 19.1 Å². The van der Waals surface area contributed by atoms with Crippen molar-refractivity contribution in [2.45, 2.75) is 31.1 Å². The summed E-state index contributed by atoms with van der Waals surface area (Å²) in [6, 6.07) is 7.94. The van der Waals surface area contributed by atoms with Crippen molar-refractivity contribution in [3.8, 4) is 0 Å². The SMILES string of the molecule is CC(S)c1cc2c3c(cccc3c1)C(=O)N(C1CCC(=O)NC1=O)C2=O. The van der Waals surface area contributed by atoms with Crippen LogP contribution in [-0.4, -0.2) is 34.6 Å². The quantitative estimate of drug-likeness (QED) is 0.629. The summed E-state index contributed by atoms with van der Waals surface area (Å²) in [5.74, 6) is -2.02. The maximum absolute atomic E-state index is 13.1. The number of benzene rings is 2. The minimum atomic E-state index is -0.979. The maximum atomic E-state index is 13.1. The van der Waals surface area contributed by atoms with E-state index in [2.05, 4.69) is 17.9 Å². The van der Waals surface area contributed by atoms with Crippen LogP contribution in [0.1, 0.15) is 51.3 Å². The van der Waals surface area contributed by atoms with Gasteiger partial charge in [-0.3, -0.25) is 29.4 Å². The van der Waals surface area contributed by atoms with Gasteiger partial charge in [-0.1, -0.05) is 12.1 Å². The lowest BCUT2D eigenvalue weighted by molar-refractivity contribution is -0.136. The Balaban J connectivity index is 1.89. The molecule has 4 amide bonds. The van der Waals surface area contributed by atoms with Crippen molar-refractivity contribution in [3.05, 3.63) is 47.0 Å². The van der Waals surface area contributed by atoms with Gasteiger partial charge in [0, 0.05) is 28.2 Å². The number of carbonyl (C=O) groups is 4. The second-order valence-corrected chi connectivity index (χ2v) is 7.37. The molecule has 0 radical (unpaired) electrons. The van der Waals surface area contributed by atoms with Crippen molar-refractivity contribution in [2.24, 2.45) is 0 Å². The van der Waals surface area contributed by atoms with E-state index >= 15 is 0 Å². The Bertz CT molecular complexity index is 998. The molecule has 0 bridgehead atoms. The second kappa shape index (κ2) is 5.95. The third-order valence-electron chi connectivity index (χ3n) is 4.90. The Morgan fingerprint density at radius 1 is 1.12 bits per heavy atom. The highest BCUT2D eigenvalue weighted by Crippen LogP contribution is 2.35. The molecular formula is C19H16N2O4S. The van der Waals surface area contributed by atoms with Gasteiger partial charge < -0.3 is 0 Å². The van der Waals surface area contributed by atoms with Gasteiger partial charge in [0.25, 0.3) is 11.8 Å². The highest BCUT2D eigenvalue weighted by Gasteiger charge is 2.42. The molecule has 2 atom stereocenters. The average Bonchev–Trinajstić information content (AvgIpc) is 2.60. The van der Waals surface area contributed by atoms with Gasteiger partial charge >= 0.3 is 0 Å². The Kier molecular flexibility index (Phi) is 3.84. The van der Waals surface area contributed by atoms with Gasteiger partial charge in [-0.25, -0.2) is 0 Å². The van der Waals surface area contributed by atoms with Crippen molar-refractivity contribution in [3.63, 3.8) is 0 Å². The predicted molar refractivity (Wildman–Crippen MR) is 98.0 cm³/mol. The third kappa shape index (κ3) is 2.42. The van der Waals surface area contributed by atoms with Crippen LogP contribution in [0, 0.1) is 0 Å². The van der Waals surface area contributed by atoms with Crippen molar-refractivity contribution < 1.29 is 19.2 Å². The number of rotatable bonds is 2. The van der Waals surface area contributed by atoms with Crippen molar-refractivity contribution in [1.29, 1.82) is 0 Å². The normalized spacial score (nSPS) is 21.2. The molecule has 1 fully saturated rings. The molecule has 7 heteroatoms. The maximum Gasteiger partial charge on any atom is 0.262 e. The zero-order chi connectivity index (χ0) is 18.6. The number of thiol groups is 1. The fraction of sp³-hybridized carbons (Fsp3) is 0.263. The Labute approximate surface area is 154 Å². The first-order chi connectivity index (χ1) is 12.4. The second-order valence-electron chi connectivity index (χ2n) is 6.60. The molecule has 132 valence electrons. The van der Waals surface area contributed by atoms with Crippen LogP contribution in [0.15, 0.2) is 30.3 Å². The van der Waals surface area contributed by atoms with Crippen LogP contribution in [0.3, 0.4) is 0 Å². The number of amides is 4. The average molecular weight is 368 g/mol. The molecule has 0 aromatic heterocycles. The predicted octanol–water partition coefficient (Wildman–Crippen LogP) is 2.23. The summed E-state index contributed by atoms with van der Waals surface area (Å²) in [6.45, 7) is 1.90. The monoisotopic (exact) mass is 368 g/mol. The lowest BCUT2D eigenvalue weighted by Gasteiger charge is -2.34. The summed E-state index contributed by atoms with van der Waals surface area (Å²) in [5, 5.41) is 3.51. The summed E-state index contributed by atoms with van der Waals surface area (Å²) >= 11 is 4.45. The Morgan fingerprint density at radius 2 is 1.85 bits per heavy atom. The van der Waals surface area contributed by atoms with Gasteiger partial charge in [0.05, 0.1) is 0 Å². The van der Waals surface area contributed by atoms with Gasteiger partial charge in [0.1, 0.15) is 6.04 Å². The van der Waals surface area contributed by atoms with Crippen LogP contribution < -0.4 is 5.32 Å². The van der Waals surface area contributed by atoms with E-state index in [4.69, 9.17) is 0 Å². The first-order valence-electron chi connectivity index (χ1n) is 8.35. The van der Waals surface area contributed by atoms with Crippen LogP contribution in [-0.2, 0) is 9.59 Å². The first-order valence-corrected chi connectivity index (χ1v) is 8.86. The summed E-state index contributed by atoms with van der Waals surface area (Å²) < 4.78 is 0. The molecule has 1 saturated heterocycles. The zero-order valence-corrected chi connectivity index (χ0v) is 14.9. The number of hydrogen-bond acceptors (Lipinski definition) is 5. The van der Waals surface area contributed by atoms with Crippen LogP contribution in [0.4, 0.5) is 0 Å². The van der Waals surface area contributed by atoms with Crippen LogP contribution >= 0.6 is 12.6 Å². The largest absolute Gasteiger partial charge is 0.295 e. The molecule has 2 unspecified atom stereocenters. The van der Waals surface area contributed by atoms with Crippen molar-refractivity contribution >= 4 is 47.0 Å². The molecule has 26 heavy (non-hydrogen) atoms. The molecule has 2 aromatic rings. The van der Waals surface area contributed by atoms with Crippen molar-refractivity contribution in [1.82, 2.24) is 10.2 Å². The standard InChI is InChI=1S/C19H16N2O4S/c1-9(26)11-7-10-3-2-4-12-16(10)13(8-11)19(25)21(18(12)24)14-5-6-15(22)20-17(14)23/h2-4,7-9,14,26H,5-6H2,1H3,(H,20,22,23). The molecule has 2 aliphatic heterocycles. The number of nitrogens with zero attached hydrogens (tertiary/aromatic N) is 1. The Hall–Kier alpha value is -2.67. The van der Waals surface area contributed by atoms with Gasteiger partial charge in [-0.2, -0.15) is 12.6 Å². The number of imide groups is 2. The molecule has 4 rings (SSSR count). The minimum Gasteiger partial charge on any atom is -0.295 e. The molecule has 2 heterocycles. The topological polar surface area (TPSA) is 83.6 Å². The molecule has 2 aromatic carbocycles. The highest BCUT2D eigenvalue weighted by molar-refractivity contribution is 7.80. The van der Waals surface area contributed by atoms with Crippen molar-refractivity contribution in [2.75, 3.05) is 0 Å². The molecule has 0 saturated carbocycles. The van der Waals surface area contributed by atoms with Gasteiger partial charge in [0.2, 0.25) is 11.8 Å². The van der Waals surface area contributed by atoms with Gasteiger partial charge in [0.15, 0.2) is 0 Å². The molecule has 0 spiro atoms. The van der Waals surface area contributed by atoms with E-state index in [1.165, 1.54) is 0 Å². The fourth-order valence-corrected chi connectivity index (χ4v) is 3.75. The van der Waals surface area contributed by atoms with Gasteiger partial charge in [-0.15, -0.1) is 0 Å². The number of piperidine rings is 1. The number of hydrogen-bond donors (Lipinski definition) is 2. The molecule has 2 aliphatic rings. The summed E-state index contributed by atoms with van der Waals surface area (Å²) in [4.78, 5) is 50.7. The molecule has 0 aliphatic carbocycles. The van der Waals surface area contributed by atoms with Crippen LogP contribution in [0.25, 0.3) is 10.8 Å². The highest BCUT2D eigenvalue weighted by atomic mass is 32.1. The first kappa shape index (κ1) is 16.8. The third-order valence-corrected chi connectivity index (χ3v) is 5.20. The zero-order valence-electron chi connectivity index (χ0n) is 14.0. The fourth-order valence-electron chi connectivity index (χ4n) is 3.60. The van der Waals surface area contributed by atoms with Crippen LogP contribution in [0.5, 0.6) is 0 Å². The van der Waals surface area contributed by atoms with E-state index in [9.17, 15) is 19.2 Å². The lowest BCUT2D eigenvalue weighted by Crippen LogP contribution is -2.57. The number of nitrogens with one attached hydrogen (secondary N) is 1. The van der Waals surface area contributed by atoms with E-state index < -0.39 is 29.7 Å². The van der Waals surface area contributed by atoms with E-state index in [0.29, 0.717) is 16.5 Å². The lowest BCUT2D eigenvalue weighted by atomic mass is 9.90. The summed E-state index contributed by atoms with van der Waals surface area (Å²) in [7, 11) is 0. The number of carbonyl (C=O) groups excluding carboxylic acids is 4. The van der Waals surface area contributed by atoms with Gasteiger partial charge in [-0.05, 0) is 42.5 Å². The van der Waals surface area contributed by atoms with E-state index in [-0.39, 0.29) is 18.1 Å². The summed E-state index contributed by atoms with van der Waals surface area (Å²) in [6.07, 6.45) is 0.231. The van der Waals surface area contributed by atoms with Crippen LogP contribution in [0.2, 0.25) is 0 Å².